The van der Waals surface area contributed by atoms with Gasteiger partial charge in [0.05, 0.1) is 10.3 Å². The highest BCUT2D eigenvalue weighted by Gasteiger charge is 2.19. The molecule has 0 saturated heterocycles. The molecule has 3 aromatic rings. The molecule has 3 rings (SSSR count). The van der Waals surface area contributed by atoms with Gasteiger partial charge in [-0.25, -0.2) is 4.79 Å². The lowest BCUT2D eigenvalue weighted by atomic mass is 10.2. The van der Waals surface area contributed by atoms with E-state index in [0.717, 1.165) is 5.56 Å². The number of rotatable bonds is 2. The molecule has 20 heavy (non-hydrogen) atoms. The van der Waals surface area contributed by atoms with E-state index in [1.165, 1.54) is 15.9 Å². The molecular weight excluding hydrogens is 280 g/mol. The molecule has 3 heterocycles. The Bertz CT molecular complexity index is 915. The molecule has 0 fully saturated rings. The maximum atomic E-state index is 12.3. The van der Waals surface area contributed by atoms with E-state index in [2.05, 4.69) is 15.2 Å². The van der Waals surface area contributed by atoms with E-state index in [9.17, 15) is 9.59 Å². The number of nitrogens with zero attached hydrogens (tertiary/aromatic N) is 3. The molecule has 0 aliphatic heterocycles. The van der Waals surface area contributed by atoms with Crippen LogP contribution in [0.15, 0.2) is 14.0 Å². The summed E-state index contributed by atoms with van der Waals surface area (Å²) in [5.41, 5.74) is 0.0547. The lowest BCUT2D eigenvalue weighted by Gasteiger charge is -1.99. The number of hydrogen-bond donors (Lipinski definition) is 1. The quantitative estimate of drug-likeness (QED) is 0.771. The molecular formula is C12H12N4O3S. The first-order valence-corrected chi connectivity index (χ1v) is 6.91. The third-order valence-electron chi connectivity index (χ3n) is 3.11. The van der Waals surface area contributed by atoms with Gasteiger partial charge in [-0.2, -0.15) is 0 Å². The second-order valence-corrected chi connectivity index (χ2v) is 5.39. The average molecular weight is 292 g/mol. The van der Waals surface area contributed by atoms with Gasteiger partial charge >= 0.3 is 5.69 Å². The van der Waals surface area contributed by atoms with Gasteiger partial charge in [-0.1, -0.05) is 0 Å². The zero-order valence-electron chi connectivity index (χ0n) is 11.2. The van der Waals surface area contributed by atoms with E-state index in [-0.39, 0.29) is 5.56 Å². The van der Waals surface area contributed by atoms with Crippen molar-refractivity contribution < 1.29 is 4.42 Å². The molecule has 0 aliphatic rings. The van der Waals surface area contributed by atoms with E-state index in [4.69, 9.17) is 4.42 Å². The fraction of sp³-hybridized carbons (Fsp3) is 0.333. The molecule has 0 atom stereocenters. The molecule has 0 aromatic carbocycles. The predicted molar refractivity (Wildman–Crippen MR) is 75.1 cm³/mol. The summed E-state index contributed by atoms with van der Waals surface area (Å²) in [7, 11) is 0. The minimum absolute atomic E-state index is 0.289. The van der Waals surface area contributed by atoms with Crippen molar-refractivity contribution in [2.75, 3.05) is 0 Å². The van der Waals surface area contributed by atoms with Crippen molar-refractivity contribution in [3.05, 3.63) is 32.3 Å². The standard InChI is InChI=1S/C12H12N4O3S/c1-4-16-11(17)7-5(2)8(9-15-14-6(3)19-9)20-10(7)13-12(16)18/h4H2,1-3H3,(H,13,18). The molecule has 0 aliphatic carbocycles. The molecule has 0 amide bonds. The number of aromatic nitrogens is 4. The third-order valence-corrected chi connectivity index (χ3v) is 4.30. The van der Waals surface area contributed by atoms with Crippen LogP contribution in [0.5, 0.6) is 0 Å². The number of aryl methyl sites for hydroxylation is 2. The van der Waals surface area contributed by atoms with Crippen molar-refractivity contribution in [3.63, 3.8) is 0 Å². The van der Waals surface area contributed by atoms with Gasteiger partial charge in [0, 0.05) is 13.5 Å². The minimum atomic E-state index is -0.403. The van der Waals surface area contributed by atoms with Crippen molar-refractivity contribution in [2.45, 2.75) is 27.3 Å². The van der Waals surface area contributed by atoms with Gasteiger partial charge in [-0.05, 0) is 19.4 Å². The number of H-pyrrole nitrogens is 1. The summed E-state index contributed by atoms with van der Waals surface area (Å²) in [5, 5.41) is 8.24. The number of thiophene rings is 1. The molecule has 0 unspecified atom stereocenters. The first-order valence-electron chi connectivity index (χ1n) is 6.09. The van der Waals surface area contributed by atoms with Crippen LogP contribution >= 0.6 is 11.3 Å². The van der Waals surface area contributed by atoms with Gasteiger partial charge in [-0.15, -0.1) is 21.5 Å². The van der Waals surface area contributed by atoms with Crippen LogP contribution in [-0.2, 0) is 6.54 Å². The minimum Gasteiger partial charge on any atom is -0.420 e. The maximum Gasteiger partial charge on any atom is 0.329 e. The summed E-state index contributed by atoms with van der Waals surface area (Å²) in [6.45, 7) is 5.60. The van der Waals surface area contributed by atoms with Gasteiger partial charge in [0.25, 0.3) is 11.4 Å². The van der Waals surface area contributed by atoms with Crippen LogP contribution < -0.4 is 11.2 Å². The van der Waals surface area contributed by atoms with Gasteiger partial charge < -0.3 is 4.42 Å². The van der Waals surface area contributed by atoms with Crippen molar-refractivity contribution in [1.82, 2.24) is 19.7 Å². The maximum absolute atomic E-state index is 12.3. The molecule has 1 N–H and O–H groups in total. The van der Waals surface area contributed by atoms with Gasteiger partial charge in [0.2, 0.25) is 5.89 Å². The van der Waals surface area contributed by atoms with E-state index in [1.807, 2.05) is 6.92 Å². The Morgan fingerprint density at radius 2 is 2.05 bits per heavy atom. The lowest BCUT2D eigenvalue weighted by Crippen LogP contribution is -2.34. The SMILES string of the molecule is CCn1c(=O)[nH]c2sc(-c3nnc(C)o3)c(C)c2c1=O. The predicted octanol–water partition coefficient (Wildman–Crippen LogP) is 1.44. The average Bonchev–Trinajstić information content (AvgIpc) is 2.94. The van der Waals surface area contributed by atoms with Gasteiger partial charge in [0.15, 0.2) is 0 Å². The second-order valence-electron chi connectivity index (χ2n) is 4.37. The first kappa shape index (κ1) is 12.8. The number of aromatic amines is 1. The van der Waals surface area contributed by atoms with Crippen LogP contribution in [0.4, 0.5) is 0 Å². The molecule has 0 saturated carbocycles. The topological polar surface area (TPSA) is 93.8 Å². The zero-order valence-corrected chi connectivity index (χ0v) is 12.0. The Morgan fingerprint density at radius 3 is 2.65 bits per heavy atom. The zero-order chi connectivity index (χ0) is 14.4. The highest BCUT2D eigenvalue weighted by Crippen LogP contribution is 2.34. The number of nitrogens with one attached hydrogen (secondary N) is 1. The van der Waals surface area contributed by atoms with Crippen LogP contribution in [0.1, 0.15) is 18.4 Å². The molecule has 7 nitrogen and oxygen atoms in total. The number of hydrogen-bond acceptors (Lipinski definition) is 6. The summed E-state index contributed by atoms with van der Waals surface area (Å²) >= 11 is 1.27. The van der Waals surface area contributed by atoms with E-state index < -0.39 is 5.69 Å². The van der Waals surface area contributed by atoms with E-state index in [0.29, 0.717) is 33.4 Å². The van der Waals surface area contributed by atoms with E-state index in [1.54, 1.807) is 13.8 Å². The molecule has 104 valence electrons. The molecule has 0 bridgehead atoms. The van der Waals surface area contributed by atoms with Crippen LogP contribution in [0.2, 0.25) is 0 Å². The first-order chi connectivity index (χ1) is 9.52. The molecule has 3 aromatic heterocycles. The smallest absolute Gasteiger partial charge is 0.329 e. The summed E-state index contributed by atoms with van der Waals surface area (Å²) in [4.78, 5) is 28.1. The molecule has 0 radical (unpaired) electrons. The molecule has 8 heteroatoms. The largest absolute Gasteiger partial charge is 0.420 e. The Morgan fingerprint density at radius 1 is 1.30 bits per heavy atom. The second kappa shape index (κ2) is 4.41. The van der Waals surface area contributed by atoms with Crippen LogP contribution in [0.25, 0.3) is 21.0 Å². The normalized spacial score (nSPS) is 11.3. The summed E-state index contributed by atoms with van der Waals surface area (Å²) in [6, 6.07) is 0. The fourth-order valence-electron chi connectivity index (χ4n) is 2.13. The van der Waals surface area contributed by atoms with Gasteiger partial charge in [0.1, 0.15) is 4.83 Å². The van der Waals surface area contributed by atoms with Crippen LogP contribution in [-0.4, -0.2) is 19.7 Å². The highest BCUT2D eigenvalue weighted by molar-refractivity contribution is 7.22. The third kappa shape index (κ3) is 1.72. The Balaban J connectivity index is 2.39. The summed E-state index contributed by atoms with van der Waals surface area (Å²) < 4.78 is 6.57. The van der Waals surface area contributed by atoms with Crippen molar-refractivity contribution in [3.8, 4) is 10.8 Å². The van der Waals surface area contributed by atoms with Crippen molar-refractivity contribution in [1.29, 1.82) is 0 Å². The number of fused-ring (bicyclic) bond motifs is 1. The Labute approximate surface area is 116 Å². The van der Waals surface area contributed by atoms with Crippen molar-refractivity contribution in [2.24, 2.45) is 0 Å². The highest BCUT2D eigenvalue weighted by atomic mass is 32.1. The fourth-order valence-corrected chi connectivity index (χ4v) is 3.24. The van der Waals surface area contributed by atoms with Crippen molar-refractivity contribution >= 4 is 21.6 Å². The monoisotopic (exact) mass is 292 g/mol. The van der Waals surface area contributed by atoms with Crippen LogP contribution in [0.3, 0.4) is 0 Å². The molecule has 0 spiro atoms. The Hall–Kier alpha value is -2.22. The Kier molecular flexibility index (Phi) is 2.82. The summed E-state index contributed by atoms with van der Waals surface area (Å²) in [5.74, 6) is 0.820. The summed E-state index contributed by atoms with van der Waals surface area (Å²) in [6.07, 6.45) is 0. The lowest BCUT2D eigenvalue weighted by molar-refractivity contribution is 0.533. The van der Waals surface area contributed by atoms with E-state index >= 15 is 0 Å². The van der Waals surface area contributed by atoms with Crippen LogP contribution in [0, 0.1) is 13.8 Å². The van der Waals surface area contributed by atoms with Gasteiger partial charge in [-0.3, -0.25) is 14.3 Å².